The molecule has 1 aliphatic carbocycles. The van der Waals surface area contributed by atoms with E-state index in [0.29, 0.717) is 10.0 Å². The average Bonchev–Trinajstić information content (AvgIpc) is 2.68. The van der Waals surface area contributed by atoms with E-state index in [1.807, 2.05) is 12.1 Å². The molecule has 21 heavy (non-hydrogen) atoms. The molecule has 1 amide bonds. The topological polar surface area (TPSA) is 20.3 Å². The first kappa shape index (κ1) is 15.2. The first-order valence-electron chi connectivity index (χ1n) is 7.88. The number of likely N-dealkylation sites (tertiary alicyclic amines) is 1. The second-order valence-electron chi connectivity index (χ2n) is 6.27. The van der Waals surface area contributed by atoms with Crippen molar-refractivity contribution in [3.8, 4) is 0 Å². The Morgan fingerprint density at radius 2 is 1.67 bits per heavy atom. The summed E-state index contributed by atoms with van der Waals surface area (Å²) in [5, 5.41) is 1.26. The predicted octanol–water partition coefficient (Wildman–Crippen LogP) is 4.82. The fraction of sp³-hybridized carbons (Fsp3) is 0.588. The highest BCUT2D eigenvalue weighted by atomic mass is 35.5. The van der Waals surface area contributed by atoms with Crippen LogP contribution in [0.2, 0.25) is 10.0 Å². The summed E-state index contributed by atoms with van der Waals surface area (Å²) >= 11 is 12.4. The van der Waals surface area contributed by atoms with Crippen molar-refractivity contribution in [2.24, 2.45) is 0 Å². The quantitative estimate of drug-likeness (QED) is 0.763. The Balaban J connectivity index is 1.90. The van der Waals surface area contributed by atoms with Gasteiger partial charge in [0.25, 0.3) is 0 Å². The average molecular weight is 326 g/mol. The Morgan fingerprint density at radius 3 is 2.19 bits per heavy atom. The van der Waals surface area contributed by atoms with E-state index in [9.17, 15) is 4.79 Å². The van der Waals surface area contributed by atoms with Gasteiger partial charge in [-0.15, -0.1) is 0 Å². The van der Waals surface area contributed by atoms with Crippen molar-refractivity contribution >= 4 is 29.1 Å². The van der Waals surface area contributed by atoms with Crippen LogP contribution in [-0.2, 0) is 10.2 Å². The van der Waals surface area contributed by atoms with Crippen molar-refractivity contribution < 1.29 is 4.79 Å². The number of nitrogens with zero attached hydrogens (tertiary/aromatic N) is 1. The van der Waals surface area contributed by atoms with Crippen LogP contribution in [0.5, 0.6) is 0 Å². The Kier molecular flexibility index (Phi) is 4.46. The van der Waals surface area contributed by atoms with Crippen molar-refractivity contribution in [1.29, 1.82) is 0 Å². The van der Waals surface area contributed by atoms with E-state index >= 15 is 0 Å². The van der Waals surface area contributed by atoms with Gasteiger partial charge >= 0.3 is 0 Å². The van der Waals surface area contributed by atoms with Crippen LogP contribution in [-0.4, -0.2) is 23.9 Å². The van der Waals surface area contributed by atoms with Crippen molar-refractivity contribution in [2.45, 2.75) is 50.4 Å². The number of carbonyl (C=O) groups is 1. The van der Waals surface area contributed by atoms with Gasteiger partial charge in [0.05, 0.1) is 5.41 Å². The Morgan fingerprint density at radius 1 is 1.00 bits per heavy atom. The summed E-state index contributed by atoms with van der Waals surface area (Å²) in [5.74, 6) is 0.278. The van der Waals surface area contributed by atoms with Gasteiger partial charge < -0.3 is 4.90 Å². The molecule has 0 unspecified atom stereocenters. The molecule has 1 aliphatic heterocycles. The van der Waals surface area contributed by atoms with Crippen molar-refractivity contribution in [3.63, 3.8) is 0 Å². The molecule has 0 bridgehead atoms. The minimum atomic E-state index is -0.397. The monoisotopic (exact) mass is 325 g/mol. The molecular formula is C17H21Cl2NO. The predicted molar refractivity (Wildman–Crippen MR) is 87.0 cm³/mol. The lowest BCUT2D eigenvalue weighted by Gasteiger charge is -2.44. The number of rotatable bonds is 2. The number of amides is 1. The van der Waals surface area contributed by atoms with Gasteiger partial charge in [-0.1, -0.05) is 48.5 Å². The van der Waals surface area contributed by atoms with Gasteiger partial charge in [0, 0.05) is 23.1 Å². The number of hydrogen-bond donors (Lipinski definition) is 0. The molecule has 2 aliphatic rings. The zero-order chi connectivity index (χ0) is 14.9. The summed E-state index contributed by atoms with van der Waals surface area (Å²) in [7, 11) is 0. The Bertz CT molecular complexity index is 532. The van der Waals surface area contributed by atoms with E-state index in [4.69, 9.17) is 23.2 Å². The fourth-order valence-corrected chi connectivity index (χ4v) is 4.17. The van der Waals surface area contributed by atoms with Crippen LogP contribution in [0.3, 0.4) is 0 Å². The molecule has 114 valence electrons. The van der Waals surface area contributed by atoms with Crippen LogP contribution < -0.4 is 0 Å². The smallest absolute Gasteiger partial charge is 0.233 e. The number of hydrogen-bond acceptors (Lipinski definition) is 1. The largest absolute Gasteiger partial charge is 0.342 e. The lowest BCUT2D eigenvalue weighted by atomic mass is 9.63. The normalized spacial score (nSPS) is 21.5. The van der Waals surface area contributed by atoms with Gasteiger partial charge in [-0.3, -0.25) is 4.79 Å². The summed E-state index contributed by atoms with van der Waals surface area (Å²) in [6.45, 7) is 1.79. The Hall–Kier alpha value is -0.730. The zero-order valence-electron chi connectivity index (χ0n) is 12.2. The number of halogens is 2. The molecule has 1 heterocycles. The molecule has 0 spiro atoms. The van der Waals surface area contributed by atoms with E-state index in [-0.39, 0.29) is 5.91 Å². The van der Waals surface area contributed by atoms with Crippen LogP contribution in [0.25, 0.3) is 0 Å². The molecule has 4 heteroatoms. The van der Waals surface area contributed by atoms with Crippen LogP contribution in [0.15, 0.2) is 18.2 Å². The molecule has 1 aromatic rings. The zero-order valence-corrected chi connectivity index (χ0v) is 13.7. The van der Waals surface area contributed by atoms with Crippen molar-refractivity contribution in [1.82, 2.24) is 4.90 Å². The van der Waals surface area contributed by atoms with Gasteiger partial charge in [-0.25, -0.2) is 0 Å². The highest BCUT2D eigenvalue weighted by molar-refractivity contribution is 6.35. The van der Waals surface area contributed by atoms with E-state index in [1.165, 1.54) is 12.8 Å². The van der Waals surface area contributed by atoms with Gasteiger partial charge in [-0.2, -0.15) is 0 Å². The molecule has 2 nitrogen and oxygen atoms in total. The third kappa shape index (κ3) is 2.80. The van der Waals surface area contributed by atoms with E-state index in [2.05, 4.69) is 4.90 Å². The van der Waals surface area contributed by atoms with Crippen molar-refractivity contribution in [3.05, 3.63) is 33.8 Å². The van der Waals surface area contributed by atoms with Gasteiger partial charge in [0.1, 0.15) is 0 Å². The fourth-order valence-electron chi connectivity index (χ4n) is 3.58. The van der Waals surface area contributed by atoms with Crippen LogP contribution in [0, 0.1) is 0 Å². The molecule has 1 saturated heterocycles. The molecule has 2 fully saturated rings. The second kappa shape index (κ2) is 6.18. The van der Waals surface area contributed by atoms with E-state index in [0.717, 1.165) is 50.8 Å². The maximum Gasteiger partial charge on any atom is 0.233 e. The lowest BCUT2D eigenvalue weighted by molar-refractivity contribution is -0.140. The van der Waals surface area contributed by atoms with Crippen LogP contribution >= 0.6 is 23.2 Å². The molecule has 0 atom stereocenters. The SMILES string of the molecule is O=C(N1CCCCCC1)C1(c2ccc(Cl)cc2Cl)CCC1. The number of benzene rings is 1. The summed E-state index contributed by atoms with van der Waals surface area (Å²) in [6.07, 6.45) is 7.62. The summed E-state index contributed by atoms with van der Waals surface area (Å²) in [5.41, 5.74) is 0.570. The first-order valence-corrected chi connectivity index (χ1v) is 8.64. The number of carbonyl (C=O) groups excluding carboxylic acids is 1. The molecule has 0 aromatic heterocycles. The van der Waals surface area contributed by atoms with Gasteiger partial charge in [-0.05, 0) is 43.4 Å². The van der Waals surface area contributed by atoms with Gasteiger partial charge in [0.15, 0.2) is 0 Å². The molecular weight excluding hydrogens is 305 g/mol. The van der Waals surface area contributed by atoms with Crippen LogP contribution in [0.1, 0.15) is 50.5 Å². The Labute approximate surface area is 136 Å². The third-order valence-corrected chi connectivity index (χ3v) is 5.50. The standard InChI is InChI=1S/C17H21Cl2NO/c18-13-6-7-14(15(19)12-13)17(8-5-9-17)16(21)20-10-3-1-2-4-11-20/h6-7,12H,1-5,8-11H2. The highest BCUT2D eigenvalue weighted by Gasteiger charge is 2.48. The minimum Gasteiger partial charge on any atom is -0.342 e. The van der Waals surface area contributed by atoms with Crippen LogP contribution in [0.4, 0.5) is 0 Å². The molecule has 0 N–H and O–H groups in total. The lowest BCUT2D eigenvalue weighted by Crippen LogP contribution is -2.51. The van der Waals surface area contributed by atoms with E-state index < -0.39 is 5.41 Å². The maximum atomic E-state index is 13.1. The van der Waals surface area contributed by atoms with E-state index in [1.54, 1.807) is 6.07 Å². The second-order valence-corrected chi connectivity index (χ2v) is 7.11. The minimum absolute atomic E-state index is 0.278. The van der Waals surface area contributed by atoms with Crippen molar-refractivity contribution in [2.75, 3.05) is 13.1 Å². The van der Waals surface area contributed by atoms with Gasteiger partial charge in [0.2, 0.25) is 5.91 Å². The first-order chi connectivity index (χ1) is 10.1. The summed E-state index contributed by atoms with van der Waals surface area (Å²) < 4.78 is 0. The third-order valence-electron chi connectivity index (χ3n) is 4.96. The maximum absolute atomic E-state index is 13.1. The molecule has 1 saturated carbocycles. The molecule has 1 aromatic carbocycles. The summed E-state index contributed by atoms with van der Waals surface area (Å²) in [6, 6.07) is 5.55. The highest BCUT2D eigenvalue weighted by Crippen LogP contribution is 2.48. The molecule has 0 radical (unpaired) electrons. The molecule has 3 rings (SSSR count). The summed E-state index contributed by atoms with van der Waals surface area (Å²) in [4.78, 5) is 15.2.